The van der Waals surface area contributed by atoms with Gasteiger partial charge in [0.2, 0.25) is 0 Å². The molecule has 1 saturated carbocycles. The van der Waals surface area contributed by atoms with Gasteiger partial charge in [-0.25, -0.2) is 9.97 Å². The number of carbonyl (C=O) groups excluding carboxylic acids is 1. The minimum absolute atomic E-state index is 0.0350. The van der Waals surface area contributed by atoms with Crippen molar-refractivity contribution >= 4 is 34.1 Å². The molecule has 4 heterocycles. The maximum absolute atomic E-state index is 12.9. The topological polar surface area (TPSA) is 78.3 Å². The Morgan fingerprint density at radius 1 is 1.06 bits per heavy atom. The van der Waals surface area contributed by atoms with Gasteiger partial charge in [0.25, 0.3) is 5.91 Å². The molecule has 0 atom stereocenters. The molecule has 0 bridgehead atoms. The highest BCUT2D eigenvalue weighted by atomic mass is 16.2. The van der Waals surface area contributed by atoms with E-state index in [2.05, 4.69) is 36.1 Å². The summed E-state index contributed by atoms with van der Waals surface area (Å²) < 4.78 is 2.23. The predicted octanol–water partition coefficient (Wildman–Crippen LogP) is 3.40. The van der Waals surface area contributed by atoms with Gasteiger partial charge in [-0.15, -0.1) is 0 Å². The smallest absolute Gasteiger partial charge is 0.270 e. The summed E-state index contributed by atoms with van der Waals surface area (Å²) in [6.45, 7) is 4.00. The fourth-order valence-electron chi connectivity index (χ4n) is 4.84. The maximum atomic E-state index is 12.9. The summed E-state index contributed by atoms with van der Waals surface area (Å²) in [5, 5.41) is 7.71. The summed E-state index contributed by atoms with van der Waals surface area (Å²) in [6, 6.07) is 8.49. The normalized spacial score (nSPS) is 17.1. The average molecular weight is 434 g/mol. The Hall–Kier alpha value is -3.13. The lowest BCUT2D eigenvalue weighted by Crippen LogP contribution is -2.43. The van der Waals surface area contributed by atoms with E-state index >= 15 is 0 Å². The first-order chi connectivity index (χ1) is 15.6. The predicted molar refractivity (Wildman–Crippen MR) is 128 cm³/mol. The van der Waals surface area contributed by atoms with Gasteiger partial charge in [0.05, 0.1) is 17.4 Å². The fraction of sp³-hybridized carbons (Fsp3) is 0.458. The Kier molecular flexibility index (Phi) is 5.70. The molecular weight excluding hydrogens is 402 g/mol. The molecule has 8 heteroatoms. The number of carbonyl (C=O) groups is 1. The summed E-state index contributed by atoms with van der Waals surface area (Å²) in [7, 11) is 3.61. The van der Waals surface area contributed by atoms with Crippen molar-refractivity contribution in [2.75, 3.05) is 50.5 Å². The Morgan fingerprint density at radius 2 is 1.81 bits per heavy atom. The lowest BCUT2D eigenvalue weighted by Gasteiger charge is -2.29. The number of amides is 1. The molecule has 1 aliphatic heterocycles. The summed E-state index contributed by atoms with van der Waals surface area (Å²) in [4.78, 5) is 26.1. The third-order valence-corrected chi connectivity index (χ3v) is 6.52. The monoisotopic (exact) mass is 433 g/mol. The number of piperazine rings is 1. The van der Waals surface area contributed by atoms with Crippen LogP contribution in [0.4, 0.5) is 17.3 Å². The zero-order valence-electron chi connectivity index (χ0n) is 18.8. The third kappa shape index (κ3) is 4.02. The van der Waals surface area contributed by atoms with Gasteiger partial charge in [-0.05, 0) is 31.0 Å². The minimum atomic E-state index is 0.0350. The summed E-state index contributed by atoms with van der Waals surface area (Å²) in [5.74, 6) is 1.54. The molecule has 5 rings (SSSR count). The van der Waals surface area contributed by atoms with E-state index in [4.69, 9.17) is 0 Å². The molecule has 0 aromatic carbocycles. The standard InChI is InChI=1S/C24H31N7O/c1-29(2)24(32)21-13-17-15-26-23(14-20(17)31(21)18-5-3-4-6-18)28-22-8-7-19(16-27-22)30-11-9-25-10-12-30/h7-8,13-16,18,25H,3-6,9-12H2,1-2H3,(H,26,27,28). The van der Waals surface area contributed by atoms with Crippen LogP contribution in [0.2, 0.25) is 0 Å². The molecule has 3 aromatic rings. The molecule has 2 aliphatic rings. The van der Waals surface area contributed by atoms with Crippen molar-refractivity contribution in [3.8, 4) is 0 Å². The van der Waals surface area contributed by atoms with E-state index < -0.39 is 0 Å². The first-order valence-corrected chi connectivity index (χ1v) is 11.5. The molecule has 1 saturated heterocycles. The number of aromatic nitrogens is 3. The van der Waals surface area contributed by atoms with E-state index in [0.717, 1.165) is 72.9 Å². The number of hydrogen-bond donors (Lipinski definition) is 2. The van der Waals surface area contributed by atoms with Crippen LogP contribution in [0.25, 0.3) is 10.9 Å². The number of hydrogen-bond acceptors (Lipinski definition) is 6. The van der Waals surface area contributed by atoms with Crippen molar-refractivity contribution in [2.24, 2.45) is 0 Å². The van der Waals surface area contributed by atoms with E-state index in [-0.39, 0.29) is 5.91 Å². The van der Waals surface area contributed by atoms with Gasteiger partial charge in [-0.1, -0.05) is 12.8 Å². The number of pyridine rings is 2. The molecule has 2 N–H and O–H groups in total. The molecule has 0 unspecified atom stereocenters. The van der Waals surface area contributed by atoms with Crippen molar-refractivity contribution in [3.63, 3.8) is 0 Å². The molecule has 8 nitrogen and oxygen atoms in total. The van der Waals surface area contributed by atoms with Gasteiger partial charge >= 0.3 is 0 Å². The highest BCUT2D eigenvalue weighted by Gasteiger charge is 2.25. The van der Waals surface area contributed by atoms with Crippen LogP contribution in [-0.4, -0.2) is 65.6 Å². The second-order valence-electron chi connectivity index (χ2n) is 8.93. The number of nitrogens with zero attached hydrogens (tertiary/aromatic N) is 5. The van der Waals surface area contributed by atoms with Crippen LogP contribution in [0, 0.1) is 0 Å². The summed E-state index contributed by atoms with van der Waals surface area (Å²) >= 11 is 0. The van der Waals surface area contributed by atoms with E-state index in [1.807, 2.05) is 30.6 Å². The van der Waals surface area contributed by atoms with Crippen LogP contribution < -0.4 is 15.5 Å². The Bertz CT molecular complexity index is 1090. The molecule has 0 spiro atoms. The molecule has 168 valence electrons. The van der Waals surface area contributed by atoms with Crippen LogP contribution in [0.15, 0.2) is 36.7 Å². The first-order valence-electron chi connectivity index (χ1n) is 11.5. The van der Waals surface area contributed by atoms with Gasteiger partial charge in [0, 0.05) is 64.0 Å². The lowest BCUT2D eigenvalue weighted by molar-refractivity contribution is 0.0815. The van der Waals surface area contributed by atoms with Crippen molar-refractivity contribution in [2.45, 2.75) is 31.7 Å². The average Bonchev–Trinajstić information content (AvgIpc) is 3.47. The van der Waals surface area contributed by atoms with Crippen molar-refractivity contribution in [1.29, 1.82) is 0 Å². The number of anilines is 3. The van der Waals surface area contributed by atoms with Gasteiger partial charge in [0.1, 0.15) is 17.3 Å². The lowest BCUT2D eigenvalue weighted by atomic mass is 10.2. The quantitative estimate of drug-likeness (QED) is 0.642. The maximum Gasteiger partial charge on any atom is 0.270 e. The van der Waals surface area contributed by atoms with Gasteiger partial charge < -0.3 is 25.0 Å². The first kappa shape index (κ1) is 20.8. The molecule has 0 radical (unpaired) electrons. The van der Waals surface area contributed by atoms with Gasteiger partial charge in [-0.2, -0.15) is 0 Å². The van der Waals surface area contributed by atoms with Crippen molar-refractivity contribution < 1.29 is 4.79 Å². The molecule has 32 heavy (non-hydrogen) atoms. The van der Waals surface area contributed by atoms with Crippen LogP contribution >= 0.6 is 0 Å². The molecule has 1 aliphatic carbocycles. The van der Waals surface area contributed by atoms with Crippen molar-refractivity contribution in [3.05, 3.63) is 42.4 Å². The van der Waals surface area contributed by atoms with E-state index in [9.17, 15) is 4.79 Å². The highest BCUT2D eigenvalue weighted by molar-refractivity contribution is 5.99. The second-order valence-corrected chi connectivity index (χ2v) is 8.93. The molecule has 1 amide bonds. The number of rotatable bonds is 5. The Labute approximate surface area is 188 Å². The van der Waals surface area contributed by atoms with Crippen LogP contribution in [-0.2, 0) is 0 Å². The van der Waals surface area contributed by atoms with Crippen LogP contribution in [0.3, 0.4) is 0 Å². The molecule has 2 fully saturated rings. The van der Waals surface area contributed by atoms with Gasteiger partial charge in [0.15, 0.2) is 0 Å². The number of nitrogens with one attached hydrogen (secondary N) is 2. The van der Waals surface area contributed by atoms with Crippen molar-refractivity contribution in [1.82, 2.24) is 24.8 Å². The fourth-order valence-corrected chi connectivity index (χ4v) is 4.84. The zero-order valence-corrected chi connectivity index (χ0v) is 18.8. The Morgan fingerprint density at radius 3 is 2.50 bits per heavy atom. The van der Waals surface area contributed by atoms with Gasteiger partial charge in [-0.3, -0.25) is 4.79 Å². The van der Waals surface area contributed by atoms with E-state index in [0.29, 0.717) is 6.04 Å². The second kappa shape index (κ2) is 8.78. The molecule has 3 aromatic heterocycles. The van der Waals surface area contributed by atoms with Crippen LogP contribution in [0.1, 0.15) is 42.2 Å². The van der Waals surface area contributed by atoms with E-state index in [1.165, 1.54) is 12.8 Å². The third-order valence-electron chi connectivity index (χ3n) is 6.52. The summed E-state index contributed by atoms with van der Waals surface area (Å²) in [5.41, 5.74) is 2.94. The Balaban J connectivity index is 1.43. The SMILES string of the molecule is CN(C)C(=O)c1cc2cnc(Nc3ccc(N4CCNCC4)cn3)cc2n1C1CCCC1. The van der Waals surface area contributed by atoms with E-state index in [1.54, 1.807) is 19.0 Å². The largest absolute Gasteiger partial charge is 0.368 e. The highest BCUT2D eigenvalue weighted by Crippen LogP contribution is 2.36. The minimum Gasteiger partial charge on any atom is -0.368 e. The number of fused-ring (bicyclic) bond motifs is 1. The summed E-state index contributed by atoms with van der Waals surface area (Å²) in [6.07, 6.45) is 8.40. The molecular formula is C24H31N7O. The van der Waals surface area contributed by atoms with Crippen LogP contribution in [0.5, 0.6) is 0 Å². The zero-order chi connectivity index (χ0) is 22.1.